The van der Waals surface area contributed by atoms with Gasteiger partial charge in [0.25, 0.3) is 0 Å². The van der Waals surface area contributed by atoms with Crippen molar-refractivity contribution in [2.24, 2.45) is 0 Å². The molecule has 0 aliphatic heterocycles. The second kappa shape index (κ2) is 2.81. The first-order valence-electron chi connectivity index (χ1n) is 3.85. The van der Waals surface area contributed by atoms with Crippen LogP contribution in [0.3, 0.4) is 0 Å². The fraction of sp³-hybridized carbons (Fsp3) is 0.100. The van der Waals surface area contributed by atoms with Gasteiger partial charge in [0.1, 0.15) is 5.52 Å². The molecule has 0 saturated carbocycles. The van der Waals surface area contributed by atoms with Gasteiger partial charge in [-0.3, -0.25) is 0 Å². The lowest BCUT2D eigenvalue weighted by Crippen LogP contribution is -1.76. The number of benzene rings is 1. The molecule has 2 aromatic rings. The second-order valence-corrected chi connectivity index (χ2v) is 2.57. The smallest absolute Gasteiger partial charge is 0.199 e. The van der Waals surface area contributed by atoms with Crippen molar-refractivity contribution in [1.82, 2.24) is 4.98 Å². The lowest BCUT2D eigenvalue weighted by Gasteiger charge is -1.82. The Bertz CT molecular complexity index is 370. The van der Waals surface area contributed by atoms with Crippen molar-refractivity contribution >= 4 is 11.1 Å². The van der Waals surface area contributed by atoms with Crippen LogP contribution in [0, 0.1) is 0 Å². The zero-order valence-electron chi connectivity index (χ0n) is 6.66. The molecule has 0 saturated heterocycles. The van der Waals surface area contributed by atoms with Crippen LogP contribution in [0.1, 0.15) is 5.89 Å². The molecule has 12 heavy (non-hydrogen) atoms. The fourth-order valence-corrected chi connectivity index (χ4v) is 1.13. The highest BCUT2D eigenvalue weighted by Gasteiger charge is 2.01. The van der Waals surface area contributed by atoms with Crippen LogP contribution in [0.2, 0.25) is 0 Å². The summed E-state index contributed by atoms with van der Waals surface area (Å²) in [5.74, 6) is 0.728. The Balaban J connectivity index is 2.54. The number of rotatable bonds is 2. The van der Waals surface area contributed by atoms with E-state index in [2.05, 4.69) is 11.6 Å². The number of fused-ring (bicyclic) bond motifs is 1. The van der Waals surface area contributed by atoms with E-state index in [0.29, 0.717) is 6.42 Å². The van der Waals surface area contributed by atoms with Crippen molar-refractivity contribution in [3.05, 3.63) is 42.8 Å². The molecule has 1 aromatic carbocycles. The number of hydrogen-bond donors (Lipinski definition) is 0. The van der Waals surface area contributed by atoms with Crippen LogP contribution in [0.4, 0.5) is 0 Å². The first-order valence-corrected chi connectivity index (χ1v) is 3.85. The standard InChI is InChI=1S/C10H9NO/c1-2-5-10-11-8-6-3-4-7-9(8)12-10/h2-4,6-7H,1,5H2. The minimum absolute atomic E-state index is 0.689. The maximum Gasteiger partial charge on any atom is 0.199 e. The van der Waals surface area contributed by atoms with Crippen molar-refractivity contribution in [1.29, 1.82) is 0 Å². The summed E-state index contributed by atoms with van der Waals surface area (Å²) in [7, 11) is 0. The van der Waals surface area contributed by atoms with Crippen molar-refractivity contribution in [2.75, 3.05) is 0 Å². The quantitative estimate of drug-likeness (QED) is 0.629. The topological polar surface area (TPSA) is 26.0 Å². The summed E-state index contributed by atoms with van der Waals surface area (Å²) in [5, 5.41) is 0. The normalized spacial score (nSPS) is 10.3. The van der Waals surface area contributed by atoms with E-state index in [1.807, 2.05) is 24.3 Å². The molecule has 0 aliphatic rings. The zero-order valence-corrected chi connectivity index (χ0v) is 6.66. The molecule has 0 unspecified atom stereocenters. The van der Waals surface area contributed by atoms with Crippen molar-refractivity contribution in [3.63, 3.8) is 0 Å². The van der Waals surface area contributed by atoms with Gasteiger partial charge in [-0.2, -0.15) is 0 Å². The maximum absolute atomic E-state index is 5.43. The molecular weight excluding hydrogens is 150 g/mol. The first kappa shape index (κ1) is 7.10. The highest BCUT2D eigenvalue weighted by atomic mass is 16.3. The Morgan fingerprint density at radius 1 is 1.42 bits per heavy atom. The molecule has 0 radical (unpaired) electrons. The number of nitrogens with zero attached hydrogens (tertiary/aromatic N) is 1. The SMILES string of the molecule is C=CCc1nc2ccccc2o1. The number of aromatic nitrogens is 1. The number of para-hydroxylation sites is 2. The Hall–Kier alpha value is -1.57. The predicted octanol–water partition coefficient (Wildman–Crippen LogP) is 2.56. The van der Waals surface area contributed by atoms with Gasteiger partial charge in [-0.05, 0) is 12.1 Å². The molecule has 2 heteroatoms. The van der Waals surface area contributed by atoms with Gasteiger partial charge >= 0.3 is 0 Å². The van der Waals surface area contributed by atoms with Crippen molar-refractivity contribution in [3.8, 4) is 0 Å². The molecule has 0 bridgehead atoms. The molecule has 2 rings (SSSR count). The molecule has 0 N–H and O–H groups in total. The third-order valence-corrected chi connectivity index (χ3v) is 1.66. The van der Waals surface area contributed by atoms with Gasteiger partial charge in [-0.25, -0.2) is 4.98 Å². The molecule has 0 atom stereocenters. The van der Waals surface area contributed by atoms with Crippen LogP contribution >= 0.6 is 0 Å². The third-order valence-electron chi connectivity index (χ3n) is 1.66. The monoisotopic (exact) mass is 159 g/mol. The summed E-state index contributed by atoms with van der Waals surface area (Å²) in [6.07, 6.45) is 2.47. The van der Waals surface area contributed by atoms with Crippen LogP contribution in [-0.2, 0) is 6.42 Å². The summed E-state index contributed by atoms with van der Waals surface area (Å²) in [6.45, 7) is 3.63. The van der Waals surface area contributed by atoms with E-state index in [0.717, 1.165) is 17.0 Å². The fourth-order valence-electron chi connectivity index (χ4n) is 1.13. The van der Waals surface area contributed by atoms with Crippen LogP contribution in [0.5, 0.6) is 0 Å². The predicted molar refractivity (Wildman–Crippen MR) is 47.9 cm³/mol. The van der Waals surface area contributed by atoms with Crippen molar-refractivity contribution in [2.45, 2.75) is 6.42 Å². The number of allylic oxidation sites excluding steroid dienone is 1. The molecule has 1 heterocycles. The summed E-state index contributed by atoms with van der Waals surface area (Å²) >= 11 is 0. The van der Waals surface area contributed by atoms with E-state index < -0.39 is 0 Å². The average molecular weight is 159 g/mol. The van der Waals surface area contributed by atoms with Crippen LogP contribution in [0.25, 0.3) is 11.1 Å². The summed E-state index contributed by atoms with van der Waals surface area (Å²) in [6, 6.07) is 7.73. The Kier molecular flexibility index (Phi) is 1.67. The van der Waals surface area contributed by atoms with E-state index in [9.17, 15) is 0 Å². The molecule has 0 aliphatic carbocycles. The lowest BCUT2D eigenvalue weighted by atomic mass is 10.3. The first-order chi connectivity index (χ1) is 5.90. The van der Waals surface area contributed by atoms with E-state index in [-0.39, 0.29) is 0 Å². The molecule has 0 amide bonds. The van der Waals surface area contributed by atoms with Gasteiger partial charge < -0.3 is 4.42 Å². The zero-order chi connectivity index (χ0) is 8.39. The van der Waals surface area contributed by atoms with E-state index in [4.69, 9.17) is 4.42 Å². The second-order valence-electron chi connectivity index (χ2n) is 2.57. The van der Waals surface area contributed by atoms with Gasteiger partial charge in [-0.15, -0.1) is 6.58 Å². The van der Waals surface area contributed by atoms with Gasteiger partial charge in [0.05, 0.1) is 0 Å². The van der Waals surface area contributed by atoms with Crippen molar-refractivity contribution < 1.29 is 4.42 Å². The van der Waals surface area contributed by atoms with E-state index in [1.54, 1.807) is 6.08 Å². The van der Waals surface area contributed by atoms with Crippen LogP contribution < -0.4 is 0 Å². The Morgan fingerprint density at radius 2 is 2.25 bits per heavy atom. The average Bonchev–Trinajstić information content (AvgIpc) is 2.47. The van der Waals surface area contributed by atoms with Crippen LogP contribution in [-0.4, -0.2) is 4.98 Å². The molecule has 60 valence electrons. The van der Waals surface area contributed by atoms with Gasteiger partial charge in [0.15, 0.2) is 11.5 Å². The highest BCUT2D eigenvalue weighted by molar-refractivity contribution is 5.72. The number of oxazole rings is 1. The lowest BCUT2D eigenvalue weighted by molar-refractivity contribution is 0.547. The molecule has 2 nitrogen and oxygen atoms in total. The highest BCUT2D eigenvalue weighted by Crippen LogP contribution is 2.14. The molecular formula is C10H9NO. The number of hydrogen-bond acceptors (Lipinski definition) is 2. The maximum atomic E-state index is 5.43. The minimum Gasteiger partial charge on any atom is -0.440 e. The largest absolute Gasteiger partial charge is 0.440 e. The summed E-state index contributed by atoms with van der Waals surface area (Å²) in [5.41, 5.74) is 1.75. The van der Waals surface area contributed by atoms with E-state index in [1.165, 1.54) is 0 Å². The summed E-state index contributed by atoms with van der Waals surface area (Å²) in [4.78, 5) is 4.26. The summed E-state index contributed by atoms with van der Waals surface area (Å²) < 4.78 is 5.43. The van der Waals surface area contributed by atoms with Gasteiger partial charge in [0.2, 0.25) is 0 Å². The van der Waals surface area contributed by atoms with Gasteiger partial charge in [-0.1, -0.05) is 18.2 Å². The molecule has 0 fully saturated rings. The van der Waals surface area contributed by atoms with Gasteiger partial charge in [0, 0.05) is 6.42 Å². The van der Waals surface area contributed by atoms with E-state index >= 15 is 0 Å². The van der Waals surface area contributed by atoms with Crippen LogP contribution in [0.15, 0.2) is 41.3 Å². The third kappa shape index (κ3) is 1.11. The molecule has 0 spiro atoms. The minimum atomic E-state index is 0.689. The Morgan fingerprint density at radius 3 is 3.00 bits per heavy atom. The molecule has 1 aromatic heterocycles. The Labute approximate surface area is 70.5 Å².